The number of rotatable bonds is 2. The van der Waals surface area contributed by atoms with E-state index < -0.39 is 0 Å². The van der Waals surface area contributed by atoms with E-state index in [0.717, 1.165) is 0 Å². The predicted octanol–water partition coefficient (Wildman–Crippen LogP) is 8.12. The predicted molar refractivity (Wildman–Crippen MR) is 117 cm³/mol. The lowest BCUT2D eigenvalue weighted by molar-refractivity contribution is 0.871. The van der Waals surface area contributed by atoms with Crippen molar-refractivity contribution in [3.8, 4) is 11.1 Å². The summed E-state index contributed by atoms with van der Waals surface area (Å²) < 4.78 is 0. The maximum atomic E-state index is 2.31. The van der Waals surface area contributed by atoms with Crippen molar-refractivity contribution in [3.05, 3.63) is 83.9 Å². The quantitative estimate of drug-likeness (QED) is 0.345. The Balaban J connectivity index is 0.000000948. The lowest BCUT2D eigenvalue weighted by Crippen LogP contribution is -1.96. The van der Waals surface area contributed by atoms with Gasteiger partial charge >= 0.3 is 0 Å². The van der Waals surface area contributed by atoms with Gasteiger partial charge in [0.2, 0.25) is 0 Å². The fourth-order valence-corrected chi connectivity index (χ4v) is 3.76. The van der Waals surface area contributed by atoms with E-state index >= 15 is 0 Å². The van der Waals surface area contributed by atoms with Gasteiger partial charge in [-0.25, -0.2) is 0 Å². The first-order valence-corrected chi connectivity index (χ1v) is 9.67. The third-order valence-electron chi connectivity index (χ3n) is 4.97. The van der Waals surface area contributed by atoms with Crippen molar-refractivity contribution in [2.24, 2.45) is 0 Å². The molecule has 0 unspecified atom stereocenters. The van der Waals surface area contributed by atoms with Crippen molar-refractivity contribution in [2.75, 3.05) is 0 Å². The van der Waals surface area contributed by atoms with E-state index in [1.54, 1.807) is 0 Å². The maximum absolute atomic E-state index is 2.31. The first-order chi connectivity index (χ1) is 12.7. The molecule has 0 nitrogen and oxygen atoms in total. The molecule has 0 spiro atoms. The fourth-order valence-electron chi connectivity index (χ4n) is 3.76. The molecule has 0 bridgehead atoms. The molecule has 0 heterocycles. The van der Waals surface area contributed by atoms with Gasteiger partial charge in [-0.15, -0.1) is 0 Å². The van der Waals surface area contributed by atoms with Crippen molar-refractivity contribution >= 4 is 21.5 Å². The summed E-state index contributed by atoms with van der Waals surface area (Å²) in [7, 11) is 0. The molecule has 0 aliphatic heterocycles. The minimum Gasteiger partial charge on any atom is -0.0683 e. The van der Waals surface area contributed by atoms with Gasteiger partial charge in [0.15, 0.2) is 0 Å². The fraction of sp³-hybridized carbons (Fsp3) is 0.231. The van der Waals surface area contributed by atoms with E-state index in [0.29, 0.717) is 5.92 Å². The molecule has 4 aromatic rings. The normalized spacial score (nSPS) is 10.8. The molecule has 0 amide bonds. The van der Waals surface area contributed by atoms with Gasteiger partial charge in [-0.3, -0.25) is 0 Å². The van der Waals surface area contributed by atoms with Crippen molar-refractivity contribution in [2.45, 2.75) is 40.5 Å². The van der Waals surface area contributed by atoms with Crippen LogP contribution in [0.4, 0.5) is 0 Å². The summed E-state index contributed by atoms with van der Waals surface area (Å²) in [6.07, 6.45) is 0. The molecule has 0 aliphatic rings. The number of hydrogen-bond acceptors (Lipinski definition) is 0. The van der Waals surface area contributed by atoms with Crippen LogP contribution in [0.5, 0.6) is 0 Å². The second-order valence-corrected chi connectivity index (χ2v) is 6.88. The van der Waals surface area contributed by atoms with E-state index in [9.17, 15) is 0 Å². The highest BCUT2D eigenvalue weighted by Crippen LogP contribution is 2.41. The summed E-state index contributed by atoms with van der Waals surface area (Å²) in [6.45, 7) is 10.8. The number of fused-ring (bicyclic) bond motifs is 2. The Labute approximate surface area is 157 Å². The molecule has 4 rings (SSSR count). The standard InChI is InChI=1S/C24H22.C2H6/c1-16(2)20-15-14-19-9-5-7-11-22(19)24(20)23-17(3)12-13-18-8-4-6-10-21(18)23;1-2/h4-16H,1-3H3;1-2H3. The number of hydrogen-bond donors (Lipinski definition) is 0. The Kier molecular flexibility index (Phi) is 5.42. The molecule has 0 N–H and O–H groups in total. The van der Waals surface area contributed by atoms with Crippen LogP contribution in [0.15, 0.2) is 72.8 Å². The zero-order chi connectivity index (χ0) is 18.7. The van der Waals surface area contributed by atoms with Crippen LogP contribution in [0.25, 0.3) is 32.7 Å². The van der Waals surface area contributed by atoms with E-state index in [1.165, 1.54) is 43.8 Å². The molecular formula is C26H28. The summed E-state index contributed by atoms with van der Waals surface area (Å²) in [5, 5.41) is 5.31. The largest absolute Gasteiger partial charge is 0.0683 e. The van der Waals surface area contributed by atoms with E-state index in [2.05, 4.69) is 93.6 Å². The van der Waals surface area contributed by atoms with Crippen LogP contribution in [0.1, 0.15) is 44.7 Å². The molecule has 0 heteroatoms. The van der Waals surface area contributed by atoms with Gasteiger partial charge in [-0.2, -0.15) is 0 Å². The third kappa shape index (κ3) is 3.12. The molecule has 132 valence electrons. The SMILES string of the molecule is CC.Cc1ccc2ccccc2c1-c1c(C(C)C)ccc2ccccc12. The second-order valence-electron chi connectivity index (χ2n) is 6.88. The highest BCUT2D eigenvalue weighted by atomic mass is 14.2. The van der Waals surface area contributed by atoms with Gasteiger partial charge in [0.05, 0.1) is 0 Å². The van der Waals surface area contributed by atoms with Crippen LogP contribution in [-0.4, -0.2) is 0 Å². The number of benzene rings is 4. The monoisotopic (exact) mass is 340 g/mol. The Bertz CT molecular complexity index is 1040. The molecule has 0 fully saturated rings. The van der Waals surface area contributed by atoms with Gasteiger partial charge in [-0.05, 0) is 56.6 Å². The molecule has 0 aliphatic carbocycles. The summed E-state index contributed by atoms with van der Waals surface area (Å²) in [6, 6.07) is 26.5. The Morgan fingerprint density at radius 3 is 1.65 bits per heavy atom. The van der Waals surface area contributed by atoms with Gasteiger partial charge in [0.1, 0.15) is 0 Å². The molecular weight excluding hydrogens is 312 g/mol. The molecule has 0 atom stereocenters. The highest BCUT2D eigenvalue weighted by Gasteiger charge is 2.16. The minimum atomic E-state index is 0.489. The van der Waals surface area contributed by atoms with Gasteiger partial charge < -0.3 is 0 Å². The van der Waals surface area contributed by atoms with Crippen LogP contribution < -0.4 is 0 Å². The molecule has 4 aromatic carbocycles. The average Bonchev–Trinajstić information content (AvgIpc) is 2.69. The summed E-state index contributed by atoms with van der Waals surface area (Å²) in [5.74, 6) is 0.489. The molecule has 0 aromatic heterocycles. The Morgan fingerprint density at radius 1 is 0.577 bits per heavy atom. The Morgan fingerprint density at radius 2 is 1.08 bits per heavy atom. The lowest BCUT2D eigenvalue weighted by Gasteiger charge is -2.19. The van der Waals surface area contributed by atoms with Crippen LogP contribution in [0.3, 0.4) is 0 Å². The van der Waals surface area contributed by atoms with E-state index in [4.69, 9.17) is 0 Å². The molecule has 0 saturated heterocycles. The number of aryl methyl sites for hydroxylation is 1. The topological polar surface area (TPSA) is 0 Å². The van der Waals surface area contributed by atoms with Gasteiger partial charge in [-0.1, -0.05) is 100 Å². The van der Waals surface area contributed by atoms with Crippen LogP contribution in [-0.2, 0) is 0 Å². The molecule has 26 heavy (non-hydrogen) atoms. The summed E-state index contributed by atoms with van der Waals surface area (Å²) in [4.78, 5) is 0. The zero-order valence-electron chi connectivity index (χ0n) is 16.5. The van der Waals surface area contributed by atoms with Gasteiger partial charge in [0.25, 0.3) is 0 Å². The maximum Gasteiger partial charge on any atom is -0.00618 e. The highest BCUT2D eigenvalue weighted by molar-refractivity contribution is 6.07. The third-order valence-corrected chi connectivity index (χ3v) is 4.97. The smallest absolute Gasteiger partial charge is 0.00618 e. The minimum absolute atomic E-state index is 0.489. The first-order valence-electron chi connectivity index (χ1n) is 9.67. The lowest BCUT2D eigenvalue weighted by atomic mass is 9.84. The summed E-state index contributed by atoms with van der Waals surface area (Å²) in [5.41, 5.74) is 5.55. The molecule has 0 radical (unpaired) electrons. The molecule has 0 saturated carbocycles. The van der Waals surface area contributed by atoms with Gasteiger partial charge in [0, 0.05) is 0 Å². The van der Waals surface area contributed by atoms with E-state index in [1.807, 2.05) is 13.8 Å². The van der Waals surface area contributed by atoms with Crippen molar-refractivity contribution < 1.29 is 0 Å². The van der Waals surface area contributed by atoms with Crippen LogP contribution in [0, 0.1) is 6.92 Å². The van der Waals surface area contributed by atoms with Crippen molar-refractivity contribution in [1.82, 2.24) is 0 Å². The van der Waals surface area contributed by atoms with Crippen LogP contribution in [0.2, 0.25) is 0 Å². The summed E-state index contributed by atoms with van der Waals surface area (Å²) >= 11 is 0. The van der Waals surface area contributed by atoms with Crippen molar-refractivity contribution in [3.63, 3.8) is 0 Å². The van der Waals surface area contributed by atoms with E-state index in [-0.39, 0.29) is 0 Å². The average molecular weight is 341 g/mol. The zero-order valence-corrected chi connectivity index (χ0v) is 16.5. The first kappa shape index (κ1) is 18.2. The van der Waals surface area contributed by atoms with Crippen LogP contribution >= 0.6 is 0 Å². The Hall–Kier alpha value is -2.60. The second kappa shape index (κ2) is 7.74. The van der Waals surface area contributed by atoms with Crippen molar-refractivity contribution in [1.29, 1.82) is 0 Å².